The Morgan fingerprint density at radius 2 is 1.18 bits per heavy atom. The van der Waals surface area contributed by atoms with Crippen molar-refractivity contribution in [2.75, 3.05) is 13.2 Å². The van der Waals surface area contributed by atoms with Gasteiger partial charge in [-0.05, 0) is 30.7 Å². The minimum atomic E-state index is 0.686. The first-order chi connectivity index (χ1) is 10.9. The molecule has 0 aliphatic rings. The number of unbranched alkanes of at least 4 members (excludes halogenated alkanes) is 1. The summed E-state index contributed by atoms with van der Waals surface area (Å²) in [5, 5.41) is 0. The summed E-state index contributed by atoms with van der Waals surface area (Å²) >= 11 is 0. The summed E-state index contributed by atoms with van der Waals surface area (Å²) < 4.78 is 5.55. The first-order valence-electron chi connectivity index (χ1n) is 7.61. The van der Waals surface area contributed by atoms with Crippen molar-refractivity contribution in [2.45, 2.75) is 19.3 Å². The second-order valence-corrected chi connectivity index (χ2v) is 4.80. The zero-order chi connectivity index (χ0) is 15.3. The van der Waals surface area contributed by atoms with Gasteiger partial charge in [0.2, 0.25) is 0 Å². The van der Waals surface area contributed by atoms with Crippen LogP contribution < -0.4 is 0 Å². The van der Waals surface area contributed by atoms with E-state index in [9.17, 15) is 0 Å². The molecule has 0 saturated carbocycles. The van der Waals surface area contributed by atoms with Crippen molar-refractivity contribution in [1.29, 1.82) is 0 Å². The fraction of sp³-hybridized carbons (Fsp3) is 0.238. The van der Waals surface area contributed by atoms with Crippen molar-refractivity contribution in [2.24, 2.45) is 0 Å². The van der Waals surface area contributed by atoms with Crippen LogP contribution in [0.3, 0.4) is 0 Å². The average Bonchev–Trinajstić information content (AvgIpc) is 2.58. The van der Waals surface area contributed by atoms with Crippen molar-refractivity contribution in [1.82, 2.24) is 0 Å². The van der Waals surface area contributed by atoms with Crippen molar-refractivity contribution in [3.05, 3.63) is 71.8 Å². The predicted octanol–water partition coefficient (Wildman–Crippen LogP) is 4.28. The fourth-order valence-corrected chi connectivity index (χ4v) is 1.86. The van der Waals surface area contributed by atoms with Gasteiger partial charge in [0.05, 0.1) is 6.61 Å². The second-order valence-electron chi connectivity index (χ2n) is 4.80. The summed E-state index contributed by atoms with van der Waals surface area (Å²) in [6.45, 7) is 1.43. The van der Waals surface area contributed by atoms with Crippen LogP contribution in [0.2, 0.25) is 0 Å². The summed E-state index contributed by atoms with van der Waals surface area (Å²) in [5.41, 5.74) is 2.12. The number of benzene rings is 2. The largest absolute Gasteiger partial charge is 0.380 e. The smallest absolute Gasteiger partial charge is 0.0575 e. The van der Waals surface area contributed by atoms with Gasteiger partial charge in [0, 0.05) is 30.6 Å². The number of rotatable bonds is 5. The summed E-state index contributed by atoms with van der Waals surface area (Å²) in [5.74, 6) is 12.6. The molecule has 1 nitrogen and oxygen atoms in total. The zero-order valence-corrected chi connectivity index (χ0v) is 12.7. The van der Waals surface area contributed by atoms with E-state index in [1.54, 1.807) is 0 Å². The molecule has 0 radical (unpaired) electrons. The Hall–Kier alpha value is -2.48. The lowest BCUT2D eigenvalue weighted by Crippen LogP contribution is -1.95. The maximum atomic E-state index is 5.55. The SMILES string of the molecule is C(#Cc1ccccc1)CCCOCCC#Cc1ccccc1. The first kappa shape index (κ1) is 15.9. The molecule has 0 fully saturated rings. The Kier molecular flexibility index (Phi) is 7.43. The van der Waals surface area contributed by atoms with E-state index in [0.29, 0.717) is 6.61 Å². The van der Waals surface area contributed by atoms with Gasteiger partial charge in [-0.25, -0.2) is 0 Å². The van der Waals surface area contributed by atoms with E-state index >= 15 is 0 Å². The highest BCUT2D eigenvalue weighted by Gasteiger charge is 1.87. The standard InChI is InChI=1S/C21H20O/c1-4-12-20(13-5-1)16-8-3-10-18-22-19-11-9-17-21-14-6-2-7-15-21/h1-2,4-7,12-15H,3,10-11,18-19H2. The van der Waals surface area contributed by atoms with Crippen LogP contribution in [-0.4, -0.2) is 13.2 Å². The molecule has 1 heteroatoms. The van der Waals surface area contributed by atoms with Crippen LogP contribution in [0.15, 0.2) is 60.7 Å². The van der Waals surface area contributed by atoms with Gasteiger partial charge in [0.1, 0.15) is 0 Å². The second kappa shape index (κ2) is 10.3. The van der Waals surface area contributed by atoms with Crippen LogP contribution in [0.1, 0.15) is 30.4 Å². The van der Waals surface area contributed by atoms with E-state index < -0.39 is 0 Å². The van der Waals surface area contributed by atoms with Crippen LogP contribution in [0.5, 0.6) is 0 Å². The molecule has 0 unspecified atom stereocenters. The highest BCUT2D eigenvalue weighted by Crippen LogP contribution is 1.97. The molecule has 0 atom stereocenters. The summed E-state index contributed by atoms with van der Waals surface area (Å²) in [4.78, 5) is 0. The lowest BCUT2D eigenvalue weighted by Gasteiger charge is -1.98. The van der Waals surface area contributed by atoms with E-state index in [2.05, 4.69) is 23.7 Å². The van der Waals surface area contributed by atoms with Gasteiger partial charge in [0.15, 0.2) is 0 Å². The molecule has 22 heavy (non-hydrogen) atoms. The Labute approximate surface area is 133 Å². The molecule has 2 aromatic carbocycles. The molecule has 0 saturated heterocycles. The van der Waals surface area contributed by atoms with Gasteiger partial charge in [-0.1, -0.05) is 60.1 Å². The first-order valence-corrected chi connectivity index (χ1v) is 7.61. The molecular formula is C21H20O. The van der Waals surface area contributed by atoms with Crippen molar-refractivity contribution in [3.8, 4) is 23.7 Å². The molecule has 0 aromatic heterocycles. The Bertz CT molecular complexity index is 590. The van der Waals surface area contributed by atoms with Crippen LogP contribution in [0.4, 0.5) is 0 Å². The number of hydrogen-bond donors (Lipinski definition) is 0. The third kappa shape index (κ3) is 6.80. The molecule has 0 aliphatic carbocycles. The third-order valence-electron chi connectivity index (χ3n) is 2.97. The topological polar surface area (TPSA) is 9.23 Å². The molecule has 2 rings (SSSR count). The molecule has 0 bridgehead atoms. The molecule has 0 amide bonds. The molecule has 0 heterocycles. The minimum Gasteiger partial charge on any atom is -0.380 e. The Morgan fingerprint density at radius 3 is 1.77 bits per heavy atom. The lowest BCUT2D eigenvalue weighted by atomic mass is 10.2. The van der Waals surface area contributed by atoms with E-state index in [1.165, 1.54) is 0 Å². The number of ether oxygens (including phenoxy) is 1. The Morgan fingerprint density at radius 1 is 0.636 bits per heavy atom. The molecule has 2 aromatic rings. The molecular weight excluding hydrogens is 268 g/mol. The lowest BCUT2D eigenvalue weighted by molar-refractivity contribution is 0.138. The quantitative estimate of drug-likeness (QED) is 0.589. The van der Waals surface area contributed by atoms with Gasteiger partial charge < -0.3 is 4.74 Å². The maximum absolute atomic E-state index is 5.55. The number of hydrogen-bond acceptors (Lipinski definition) is 1. The van der Waals surface area contributed by atoms with Gasteiger partial charge in [0.25, 0.3) is 0 Å². The van der Waals surface area contributed by atoms with Gasteiger partial charge >= 0.3 is 0 Å². The van der Waals surface area contributed by atoms with E-state index in [4.69, 9.17) is 4.74 Å². The maximum Gasteiger partial charge on any atom is 0.0575 e. The minimum absolute atomic E-state index is 0.686. The van der Waals surface area contributed by atoms with E-state index in [0.717, 1.165) is 37.0 Å². The van der Waals surface area contributed by atoms with Gasteiger partial charge in [-0.3, -0.25) is 0 Å². The van der Waals surface area contributed by atoms with Gasteiger partial charge in [-0.2, -0.15) is 0 Å². The van der Waals surface area contributed by atoms with Gasteiger partial charge in [-0.15, -0.1) is 0 Å². The van der Waals surface area contributed by atoms with Crippen LogP contribution >= 0.6 is 0 Å². The van der Waals surface area contributed by atoms with Crippen molar-refractivity contribution < 1.29 is 4.74 Å². The van der Waals surface area contributed by atoms with Crippen LogP contribution in [0.25, 0.3) is 0 Å². The monoisotopic (exact) mass is 288 g/mol. The van der Waals surface area contributed by atoms with Crippen LogP contribution in [0, 0.1) is 23.7 Å². The summed E-state index contributed by atoms with van der Waals surface area (Å²) in [6.07, 6.45) is 2.60. The fourth-order valence-electron chi connectivity index (χ4n) is 1.86. The molecule has 0 aliphatic heterocycles. The van der Waals surface area contributed by atoms with Crippen molar-refractivity contribution in [3.63, 3.8) is 0 Å². The summed E-state index contributed by atoms with van der Waals surface area (Å²) in [6, 6.07) is 20.1. The van der Waals surface area contributed by atoms with E-state index in [-0.39, 0.29) is 0 Å². The van der Waals surface area contributed by atoms with Crippen molar-refractivity contribution >= 4 is 0 Å². The summed E-state index contributed by atoms with van der Waals surface area (Å²) in [7, 11) is 0. The third-order valence-corrected chi connectivity index (χ3v) is 2.97. The highest BCUT2D eigenvalue weighted by molar-refractivity contribution is 5.34. The molecule has 110 valence electrons. The van der Waals surface area contributed by atoms with E-state index in [1.807, 2.05) is 60.7 Å². The predicted molar refractivity (Wildman–Crippen MR) is 91.3 cm³/mol. The highest BCUT2D eigenvalue weighted by atomic mass is 16.5. The normalized spacial score (nSPS) is 9.27. The zero-order valence-electron chi connectivity index (χ0n) is 12.7. The Balaban J connectivity index is 1.52. The van der Waals surface area contributed by atoms with Crippen LogP contribution in [-0.2, 0) is 4.74 Å². The molecule has 0 N–H and O–H groups in total. The molecule has 0 spiro atoms. The average molecular weight is 288 g/mol.